The summed E-state index contributed by atoms with van der Waals surface area (Å²) in [6, 6.07) is 6.87. The number of ether oxygens (including phenoxy) is 1. The Kier molecular flexibility index (Phi) is 6.54. The highest BCUT2D eigenvalue weighted by Gasteiger charge is 2.11. The summed E-state index contributed by atoms with van der Waals surface area (Å²) in [6.45, 7) is 3.15. The van der Waals surface area contributed by atoms with E-state index in [4.69, 9.17) is 21.4 Å². The lowest BCUT2D eigenvalue weighted by atomic mass is 10.3. The minimum Gasteiger partial charge on any atom is -0.484 e. The first-order valence-electron chi connectivity index (χ1n) is 5.94. The van der Waals surface area contributed by atoms with Crippen molar-refractivity contribution in [3.63, 3.8) is 0 Å². The van der Waals surface area contributed by atoms with Gasteiger partial charge in [0.2, 0.25) is 0 Å². The van der Waals surface area contributed by atoms with Gasteiger partial charge in [0, 0.05) is 24.7 Å². The van der Waals surface area contributed by atoms with Crippen LogP contribution in [0.5, 0.6) is 5.75 Å². The summed E-state index contributed by atoms with van der Waals surface area (Å²) in [5.74, 6) is 0.534. The molecule has 1 amide bonds. The highest BCUT2D eigenvalue weighted by molar-refractivity contribution is 6.30. The van der Waals surface area contributed by atoms with Crippen molar-refractivity contribution >= 4 is 17.5 Å². The zero-order valence-electron chi connectivity index (χ0n) is 10.4. The number of aliphatic hydroxyl groups excluding tert-OH is 1. The summed E-state index contributed by atoms with van der Waals surface area (Å²) in [5, 5.41) is 9.38. The molecule has 0 aliphatic carbocycles. The summed E-state index contributed by atoms with van der Waals surface area (Å²) >= 11 is 5.75. The molecule has 100 valence electrons. The monoisotopic (exact) mass is 271 g/mol. The maximum Gasteiger partial charge on any atom is 0.260 e. The van der Waals surface area contributed by atoms with E-state index in [0.717, 1.165) is 0 Å². The summed E-state index contributed by atoms with van der Waals surface area (Å²) in [6.07, 6.45) is 0.584. The lowest BCUT2D eigenvalue weighted by molar-refractivity contribution is -0.133. The molecule has 1 rings (SSSR count). The zero-order chi connectivity index (χ0) is 13.4. The van der Waals surface area contributed by atoms with E-state index >= 15 is 0 Å². The number of rotatable bonds is 7. The molecule has 0 radical (unpaired) electrons. The van der Waals surface area contributed by atoms with Crippen molar-refractivity contribution in [1.82, 2.24) is 4.90 Å². The molecule has 1 aromatic carbocycles. The number of hydrogen-bond donors (Lipinski definition) is 1. The van der Waals surface area contributed by atoms with Crippen LogP contribution in [0.3, 0.4) is 0 Å². The van der Waals surface area contributed by atoms with Gasteiger partial charge in [-0.15, -0.1) is 0 Å². The average molecular weight is 272 g/mol. The smallest absolute Gasteiger partial charge is 0.260 e. The van der Waals surface area contributed by atoms with Crippen molar-refractivity contribution in [2.75, 3.05) is 26.3 Å². The number of hydrogen-bond acceptors (Lipinski definition) is 3. The van der Waals surface area contributed by atoms with Crippen LogP contribution in [0.2, 0.25) is 5.02 Å². The molecular weight excluding hydrogens is 254 g/mol. The van der Waals surface area contributed by atoms with Gasteiger partial charge in [-0.2, -0.15) is 0 Å². The van der Waals surface area contributed by atoms with Crippen LogP contribution in [0, 0.1) is 0 Å². The van der Waals surface area contributed by atoms with Gasteiger partial charge in [0.25, 0.3) is 5.91 Å². The number of carbonyl (C=O) groups excluding carboxylic acids is 1. The molecule has 0 bridgehead atoms. The van der Waals surface area contributed by atoms with Gasteiger partial charge in [-0.05, 0) is 37.6 Å². The number of aliphatic hydroxyl groups is 1. The topological polar surface area (TPSA) is 49.8 Å². The molecule has 1 aromatic rings. The second kappa shape index (κ2) is 7.95. The van der Waals surface area contributed by atoms with Crippen molar-refractivity contribution in [1.29, 1.82) is 0 Å². The Morgan fingerprint density at radius 2 is 2.06 bits per heavy atom. The molecule has 0 saturated heterocycles. The Labute approximate surface area is 112 Å². The maximum absolute atomic E-state index is 11.8. The Hall–Kier alpha value is -1.26. The fourth-order valence-electron chi connectivity index (χ4n) is 1.49. The van der Waals surface area contributed by atoms with E-state index in [0.29, 0.717) is 30.3 Å². The fraction of sp³-hybridized carbons (Fsp3) is 0.462. The van der Waals surface area contributed by atoms with Crippen LogP contribution in [0.4, 0.5) is 0 Å². The fourth-order valence-corrected chi connectivity index (χ4v) is 1.61. The largest absolute Gasteiger partial charge is 0.484 e. The van der Waals surface area contributed by atoms with Crippen molar-refractivity contribution in [2.24, 2.45) is 0 Å². The lowest BCUT2D eigenvalue weighted by Gasteiger charge is -2.20. The number of benzene rings is 1. The molecule has 4 nitrogen and oxygen atoms in total. The van der Waals surface area contributed by atoms with Gasteiger partial charge < -0.3 is 14.7 Å². The van der Waals surface area contributed by atoms with E-state index in [1.807, 2.05) is 6.92 Å². The molecule has 0 heterocycles. The number of carbonyl (C=O) groups is 1. The van der Waals surface area contributed by atoms with E-state index in [1.54, 1.807) is 29.2 Å². The van der Waals surface area contributed by atoms with Gasteiger partial charge in [0.1, 0.15) is 5.75 Å². The third-order valence-corrected chi connectivity index (χ3v) is 2.75. The predicted molar refractivity (Wildman–Crippen MR) is 70.9 cm³/mol. The highest BCUT2D eigenvalue weighted by Crippen LogP contribution is 2.15. The number of nitrogens with zero attached hydrogens (tertiary/aromatic N) is 1. The van der Waals surface area contributed by atoms with Crippen LogP contribution < -0.4 is 4.74 Å². The number of halogens is 1. The van der Waals surface area contributed by atoms with E-state index in [-0.39, 0.29) is 19.1 Å². The number of likely N-dealkylation sites (N-methyl/N-ethyl adjacent to an activating group) is 1. The van der Waals surface area contributed by atoms with Gasteiger partial charge in [-0.25, -0.2) is 0 Å². The molecule has 0 aromatic heterocycles. The number of amides is 1. The van der Waals surface area contributed by atoms with E-state index in [2.05, 4.69) is 0 Å². The SMILES string of the molecule is CCN(CCCO)C(=O)COc1ccc(Cl)cc1. The summed E-state index contributed by atoms with van der Waals surface area (Å²) in [4.78, 5) is 13.5. The van der Waals surface area contributed by atoms with Crippen molar-refractivity contribution in [3.8, 4) is 5.75 Å². The van der Waals surface area contributed by atoms with Crippen LogP contribution in [-0.2, 0) is 4.79 Å². The second-order valence-corrected chi connectivity index (χ2v) is 4.23. The van der Waals surface area contributed by atoms with Crippen molar-refractivity contribution in [2.45, 2.75) is 13.3 Å². The summed E-state index contributed by atoms with van der Waals surface area (Å²) < 4.78 is 5.37. The Morgan fingerprint density at radius 3 is 2.61 bits per heavy atom. The normalized spacial score (nSPS) is 10.2. The third-order valence-electron chi connectivity index (χ3n) is 2.50. The molecule has 0 unspecified atom stereocenters. The van der Waals surface area contributed by atoms with Crippen molar-refractivity contribution < 1.29 is 14.6 Å². The molecular formula is C13H18ClNO3. The molecule has 0 aliphatic heterocycles. The van der Waals surface area contributed by atoms with Crippen LogP contribution in [0.25, 0.3) is 0 Å². The van der Waals surface area contributed by atoms with Crippen LogP contribution >= 0.6 is 11.6 Å². The minimum atomic E-state index is -0.0825. The molecule has 0 aliphatic rings. The Morgan fingerprint density at radius 1 is 1.39 bits per heavy atom. The molecule has 0 fully saturated rings. The van der Waals surface area contributed by atoms with Crippen LogP contribution in [0.15, 0.2) is 24.3 Å². The van der Waals surface area contributed by atoms with E-state index in [1.165, 1.54) is 0 Å². The Bertz CT molecular complexity index is 367. The average Bonchev–Trinajstić information content (AvgIpc) is 2.39. The maximum atomic E-state index is 11.8. The van der Waals surface area contributed by atoms with E-state index in [9.17, 15) is 4.79 Å². The Balaban J connectivity index is 2.41. The lowest BCUT2D eigenvalue weighted by Crippen LogP contribution is -2.35. The molecule has 0 atom stereocenters. The summed E-state index contributed by atoms with van der Waals surface area (Å²) in [5.41, 5.74) is 0. The molecule has 0 saturated carbocycles. The molecule has 0 spiro atoms. The standard InChI is InChI=1S/C13H18ClNO3/c1-2-15(8-3-9-16)13(17)10-18-12-6-4-11(14)5-7-12/h4-7,16H,2-3,8-10H2,1H3. The van der Waals surface area contributed by atoms with Gasteiger partial charge in [0.15, 0.2) is 6.61 Å². The van der Waals surface area contributed by atoms with Crippen LogP contribution in [-0.4, -0.2) is 42.2 Å². The first-order valence-corrected chi connectivity index (χ1v) is 6.32. The quantitative estimate of drug-likeness (QED) is 0.825. The van der Waals surface area contributed by atoms with Gasteiger partial charge >= 0.3 is 0 Å². The summed E-state index contributed by atoms with van der Waals surface area (Å²) in [7, 11) is 0. The van der Waals surface area contributed by atoms with Gasteiger partial charge in [-0.3, -0.25) is 4.79 Å². The highest BCUT2D eigenvalue weighted by atomic mass is 35.5. The third kappa shape index (κ3) is 4.94. The second-order valence-electron chi connectivity index (χ2n) is 3.79. The predicted octanol–water partition coefficient (Wildman–Crippen LogP) is 1.95. The molecule has 1 N–H and O–H groups in total. The van der Waals surface area contributed by atoms with Gasteiger partial charge in [-0.1, -0.05) is 11.6 Å². The first kappa shape index (κ1) is 14.8. The van der Waals surface area contributed by atoms with Crippen molar-refractivity contribution in [3.05, 3.63) is 29.3 Å². The zero-order valence-corrected chi connectivity index (χ0v) is 11.2. The molecule has 5 heteroatoms. The first-order chi connectivity index (χ1) is 8.67. The molecule has 18 heavy (non-hydrogen) atoms. The van der Waals surface area contributed by atoms with Crippen LogP contribution in [0.1, 0.15) is 13.3 Å². The van der Waals surface area contributed by atoms with E-state index < -0.39 is 0 Å². The minimum absolute atomic E-state index is 0.000894. The van der Waals surface area contributed by atoms with Gasteiger partial charge in [0.05, 0.1) is 0 Å².